The fraction of sp³-hybridized carbons (Fsp3) is 0.333. The Kier molecular flexibility index (Phi) is 5.20. The van der Waals surface area contributed by atoms with Gasteiger partial charge in [0.2, 0.25) is 5.91 Å². The first-order valence-electron chi connectivity index (χ1n) is 8.30. The van der Waals surface area contributed by atoms with Crippen LogP contribution in [0.25, 0.3) is 0 Å². The van der Waals surface area contributed by atoms with Crippen LogP contribution >= 0.6 is 0 Å². The molecule has 0 spiro atoms. The van der Waals surface area contributed by atoms with Crippen LogP contribution in [0.4, 0.5) is 23.2 Å². The Labute approximate surface area is 152 Å². The maximum Gasteiger partial charge on any atom is 0.421 e. The highest BCUT2D eigenvalue weighted by Gasteiger charge is 2.34. The average Bonchev–Trinajstić information content (AvgIpc) is 2.63. The van der Waals surface area contributed by atoms with Crippen molar-refractivity contribution in [2.75, 3.05) is 31.1 Å². The minimum atomic E-state index is -4.76. The average molecular weight is 383 g/mol. The minimum absolute atomic E-state index is 0.334. The lowest BCUT2D eigenvalue weighted by Crippen LogP contribution is -2.50. The zero-order chi connectivity index (χ0) is 19.6. The summed E-state index contributed by atoms with van der Waals surface area (Å²) in [5.41, 5.74) is -1.69. The van der Waals surface area contributed by atoms with E-state index in [0.717, 1.165) is 16.3 Å². The van der Waals surface area contributed by atoms with Gasteiger partial charge in [0.05, 0.1) is 0 Å². The zero-order valence-corrected chi connectivity index (χ0v) is 14.2. The van der Waals surface area contributed by atoms with E-state index < -0.39 is 29.8 Å². The summed E-state index contributed by atoms with van der Waals surface area (Å²) in [5, 5.41) is 0. The number of carbonyl (C=O) groups is 1. The number of aromatic nitrogens is 1. The minimum Gasteiger partial charge on any atom is -0.368 e. The van der Waals surface area contributed by atoms with Gasteiger partial charge >= 0.3 is 6.18 Å². The van der Waals surface area contributed by atoms with Gasteiger partial charge in [0, 0.05) is 38.1 Å². The van der Waals surface area contributed by atoms with Crippen LogP contribution in [-0.4, -0.2) is 41.6 Å². The van der Waals surface area contributed by atoms with Gasteiger partial charge in [-0.1, -0.05) is 0 Å². The van der Waals surface area contributed by atoms with E-state index in [0.29, 0.717) is 32.2 Å². The Balaban J connectivity index is 1.64. The molecule has 3 rings (SSSR count). The number of carbonyl (C=O) groups excluding carboxylic acids is 1. The van der Waals surface area contributed by atoms with Gasteiger partial charge < -0.3 is 14.4 Å². The maximum absolute atomic E-state index is 13.0. The summed E-state index contributed by atoms with van der Waals surface area (Å²) < 4.78 is 52.2. The van der Waals surface area contributed by atoms with Crippen LogP contribution in [0.2, 0.25) is 0 Å². The molecule has 1 aliphatic rings. The lowest BCUT2D eigenvalue weighted by Gasteiger charge is -2.36. The van der Waals surface area contributed by atoms with Gasteiger partial charge in [-0.05, 0) is 36.4 Å². The predicted molar refractivity (Wildman–Crippen MR) is 90.9 cm³/mol. The Morgan fingerprint density at radius 3 is 2.22 bits per heavy atom. The molecular weight excluding hydrogens is 366 g/mol. The van der Waals surface area contributed by atoms with E-state index in [1.807, 2.05) is 4.90 Å². The second kappa shape index (κ2) is 7.42. The number of halogens is 4. The number of rotatable bonds is 3. The molecule has 1 aromatic carbocycles. The Morgan fingerprint density at radius 2 is 1.63 bits per heavy atom. The second-order valence-electron chi connectivity index (χ2n) is 6.20. The number of amides is 1. The van der Waals surface area contributed by atoms with E-state index in [1.54, 1.807) is 12.1 Å². The molecule has 0 bridgehead atoms. The second-order valence-corrected chi connectivity index (χ2v) is 6.20. The van der Waals surface area contributed by atoms with Crippen molar-refractivity contribution in [1.29, 1.82) is 0 Å². The van der Waals surface area contributed by atoms with Crippen LogP contribution in [0.1, 0.15) is 5.56 Å². The Bertz CT molecular complexity index is 869. The van der Waals surface area contributed by atoms with Crippen molar-refractivity contribution in [1.82, 2.24) is 9.47 Å². The fourth-order valence-electron chi connectivity index (χ4n) is 2.99. The summed E-state index contributed by atoms with van der Waals surface area (Å²) in [4.78, 5) is 27.8. The van der Waals surface area contributed by atoms with E-state index in [-0.39, 0.29) is 5.82 Å². The monoisotopic (exact) mass is 383 g/mol. The van der Waals surface area contributed by atoms with Gasteiger partial charge in [-0.3, -0.25) is 9.59 Å². The molecule has 0 unspecified atom stereocenters. The van der Waals surface area contributed by atoms with E-state index in [9.17, 15) is 27.2 Å². The molecule has 144 valence electrons. The third kappa shape index (κ3) is 4.29. The van der Waals surface area contributed by atoms with Gasteiger partial charge in [-0.2, -0.15) is 13.2 Å². The number of piperazine rings is 1. The number of hydrogen-bond donors (Lipinski definition) is 0. The molecule has 1 aliphatic heterocycles. The van der Waals surface area contributed by atoms with Crippen molar-refractivity contribution >= 4 is 11.6 Å². The molecule has 0 atom stereocenters. The van der Waals surface area contributed by atoms with E-state index in [4.69, 9.17) is 0 Å². The summed E-state index contributed by atoms with van der Waals surface area (Å²) >= 11 is 0. The fourth-order valence-corrected chi connectivity index (χ4v) is 2.99. The normalized spacial score (nSPS) is 15.1. The number of anilines is 1. The first-order valence-corrected chi connectivity index (χ1v) is 8.30. The van der Waals surface area contributed by atoms with Crippen molar-refractivity contribution in [3.05, 3.63) is 64.3 Å². The highest BCUT2D eigenvalue weighted by Crippen LogP contribution is 2.26. The number of hydrogen-bond acceptors (Lipinski definition) is 3. The van der Waals surface area contributed by atoms with Crippen molar-refractivity contribution < 1.29 is 22.4 Å². The van der Waals surface area contributed by atoms with Gasteiger partial charge in [0.15, 0.2) is 0 Å². The molecule has 0 aliphatic carbocycles. The topological polar surface area (TPSA) is 45.6 Å². The number of nitrogens with zero attached hydrogens (tertiary/aromatic N) is 3. The molecule has 1 amide bonds. The molecule has 1 saturated heterocycles. The molecular formula is C18H17F4N3O2. The van der Waals surface area contributed by atoms with Crippen molar-refractivity contribution in [3.8, 4) is 0 Å². The van der Waals surface area contributed by atoms with Crippen LogP contribution in [-0.2, 0) is 17.5 Å². The van der Waals surface area contributed by atoms with Gasteiger partial charge in [0.25, 0.3) is 5.56 Å². The highest BCUT2D eigenvalue weighted by atomic mass is 19.4. The lowest BCUT2D eigenvalue weighted by molar-refractivity contribution is -0.139. The smallest absolute Gasteiger partial charge is 0.368 e. The maximum atomic E-state index is 13.0. The quantitative estimate of drug-likeness (QED) is 0.765. The summed E-state index contributed by atoms with van der Waals surface area (Å²) in [5.74, 6) is -0.755. The lowest BCUT2D eigenvalue weighted by atomic mass is 10.2. The van der Waals surface area contributed by atoms with Crippen LogP contribution in [0, 0.1) is 5.82 Å². The third-order valence-electron chi connectivity index (χ3n) is 4.46. The molecule has 0 saturated carbocycles. The first kappa shape index (κ1) is 18.9. The van der Waals surface area contributed by atoms with E-state index in [1.165, 1.54) is 23.2 Å². The van der Waals surface area contributed by atoms with Gasteiger partial charge in [-0.25, -0.2) is 4.39 Å². The summed E-state index contributed by atoms with van der Waals surface area (Å²) in [6.45, 7) is 1.30. The van der Waals surface area contributed by atoms with Crippen LogP contribution in [0.15, 0.2) is 47.4 Å². The summed E-state index contributed by atoms with van der Waals surface area (Å²) in [6.07, 6.45) is -3.59. The molecule has 2 heterocycles. The van der Waals surface area contributed by atoms with Crippen LogP contribution in [0.5, 0.6) is 0 Å². The number of pyridine rings is 1. The predicted octanol–water partition coefficient (Wildman–Crippen LogP) is 2.36. The summed E-state index contributed by atoms with van der Waals surface area (Å²) in [7, 11) is 0. The third-order valence-corrected chi connectivity index (χ3v) is 4.46. The Hall–Kier alpha value is -2.84. The molecule has 0 N–H and O–H groups in total. The number of benzene rings is 1. The molecule has 0 radical (unpaired) electrons. The molecule has 2 aromatic rings. The number of alkyl halides is 3. The molecule has 9 heteroatoms. The zero-order valence-electron chi connectivity index (χ0n) is 14.2. The largest absolute Gasteiger partial charge is 0.421 e. The highest BCUT2D eigenvalue weighted by molar-refractivity contribution is 5.76. The van der Waals surface area contributed by atoms with Gasteiger partial charge in [-0.15, -0.1) is 0 Å². The van der Waals surface area contributed by atoms with Crippen LogP contribution < -0.4 is 10.5 Å². The first-order chi connectivity index (χ1) is 12.8. The standard InChI is InChI=1S/C18H17F4N3O2/c19-13-3-5-14(6-4-13)23-8-10-24(11-9-23)16(26)12-25-7-1-2-15(17(25)27)18(20,21)22/h1-7H,8-12H2. The van der Waals surface area contributed by atoms with E-state index >= 15 is 0 Å². The summed E-state index contributed by atoms with van der Waals surface area (Å²) in [6, 6.07) is 7.80. The van der Waals surface area contributed by atoms with Crippen molar-refractivity contribution in [3.63, 3.8) is 0 Å². The molecule has 5 nitrogen and oxygen atoms in total. The Morgan fingerprint density at radius 1 is 1.00 bits per heavy atom. The van der Waals surface area contributed by atoms with E-state index in [2.05, 4.69) is 0 Å². The van der Waals surface area contributed by atoms with Crippen molar-refractivity contribution in [2.24, 2.45) is 0 Å². The molecule has 27 heavy (non-hydrogen) atoms. The van der Waals surface area contributed by atoms with Crippen molar-refractivity contribution in [2.45, 2.75) is 12.7 Å². The van der Waals surface area contributed by atoms with Crippen LogP contribution in [0.3, 0.4) is 0 Å². The molecule has 1 aromatic heterocycles. The SMILES string of the molecule is O=C(Cn1cccc(C(F)(F)F)c1=O)N1CCN(c2ccc(F)cc2)CC1. The molecule has 1 fully saturated rings. The van der Waals surface area contributed by atoms with Gasteiger partial charge in [0.1, 0.15) is 17.9 Å².